The molecule has 0 saturated carbocycles. The minimum absolute atomic E-state index is 0.101. The highest BCUT2D eigenvalue weighted by Gasteiger charge is 2.08. The molecule has 0 aliphatic rings. The summed E-state index contributed by atoms with van der Waals surface area (Å²) in [6, 6.07) is 7.10. The van der Waals surface area contributed by atoms with E-state index in [1.165, 1.54) is 12.4 Å². The maximum absolute atomic E-state index is 11.7. The first-order chi connectivity index (χ1) is 10.1. The van der Waals surface area contributed by atoms with Crippen molar-refractivity contribution in [1.82, 2.24) is 15.4 Å². The summed E-state index contributed by atoms with van der Waals surface area (Å²) < 4.78 is 5.18. The van der Waals surface area contributed by atoms with Gasteiger partial charge in [-0.1, -0.05) is 0 Å². The van der Waals surface area contributed by atoms with Gasteiger partial charge in [0.15, 0.2) is 4.77 Å². The molecule has 0 spiro atoms. The fourth-order valence-electron chi connectivity index (χ4n) is 1.49. The van der Waals surface area contributed by atoms with E-state index in [9.17, 15) is 9.59 Å². The summed E-state index contributed by atoms with van der Waals surface area (Å²) in [5, 5.41) is 3.78. The smallest absolute Gasteiger partial charge is 0.278 e. The van der Waals surface area contributed by atoms with E-state index in [4.69, 9.17) is 17.0 Å². The van der Waals surface area contributed by atoms with Gasteiger partial charge in [-0.25, -0.2) is 5.43 Å². The Morgan fingerprint density at radius 3 is 2.71 bits per heavy atom. The van der Waals surface area contributed by atoms with Crippen molar-refractivity contribution >= 4 is 24.3 Å². The zero-order chi connectivity index (χ0) is 15.2. The number of H-pyrrole nitrogens is 2. The molecular weight excluding hydrogens is 292 g/mol. The average Bonchev–Trinajstić information content (AvgIpc) is 2.47. The Bertz CT molecular complexity index is 777. The van der Waals surface area contributed by atoms with Crippen LogP contribution in [0.15, 0.2) is 40.4 Å². The molecule has 1 heterocycles. The standard InChI is InChI=1S/C13H12N4O3S/c1-20-9-4-2-8(3-5-9)6-15-17-12(19)10-7-14-13(21)16-11(10)18/h2-7H,1H3,(H,17,19)(H2,14,16,18,21). The number of methoxy groups -OCH3 is 1. The SMILES string of the molecule is COc1ccc(C=NNC(=O)c2c[nH]c(=S)[nH]c2=O)cc1. The molecule has 1 aromatic carbocycles. The van der Waals surface area contributed by atoms with Crippen LogP contribution in [0, 0.1) is 4.77 Å². The number of hydrogen-bond donors (Lipinski definition) is 3. The summed E-state index contributed by atoms with van der Waals surface area (Å²) >= 11 is 4.73. The molecule has 0 atom stereocenters. The zero-order valence-corrected chi connectivity index (χ0v) is 11.9. The second-order valence-electron chi connectivity index (χ2n) is 3.96. The first kappa shape index (κ1) is 14.7. The summed E-state index contributed by atoms with van der Waals surface area (Å²) in [5.41, 5.74) is 2.36. The number of carbonyl (C=O) groups excluding carboxylic acids is 1. The molecule has 3 N–H and O–H groups in total. The topological polar surface area (TPSA) is 99.3 Å². The number of aromatic nitrogens is 2. The van der Waals surface area contributed by atoms with Crippen molar-refractivity contribution in [2.45, 2.75) is 0 Å². The Morgan fingerprint density at radius 1 is 1.38 bits per heavy atom. The number of benzene rings is 1. The van der Waals surface area contributed by atoms with E-state index in [1.807, 2.05) is 0 Å². The molecule has 0 radical (unpaired) electrons. The van der Waals surface area contributed by atoms with Gasteiger partial charge in [0.05, 0.1) is 13.3 Å². The van der Waals surface area contributed by atoms with Crippen LogP contribution in [-0.4, -0.2) is 29.2 Å². The molecule has 21 heavy (non-hydrogen) atoms. The first-order valence-electron chi connectivity index (χ1n) is 5.89. The van der Waals surface area contributed by atoms with Crippen LogP contribution in [0.1, 0.15) is 15.9 Å². The van der Waals surface area contributed by atoms with Crippen molar-refractivity contribution in [1.29, 1.82) is 0 Å². The molecule has 7 nitrogen and oxygen atoms in total. The van der Waals surface area contributed by atoms with Crippen LogP contribution in [0.5, 0.6) is 5.75 Å². The van der Waals surface area contributed by atoms with Crippen LogP contribution in [0.4, 0.5) is 0 Å². The highest BCUT2D eigenvalue weighted by atomic mass is 32.1. The molecule has 108 valence electrons. The Labute approximate surface area is 124 Å². The summed E-state index contributed by atoms with van der Waals surface area (Å²) in [6.45, 7) is 0. The molecule has 8 heteroatoms. The van der Waals surface area contributed by atoms with Crippen molar-refractivity contribution in [2.75, 3.05) is 7.11 Å². The van der Waals surface area contributed by atoms with Crippen LogP contribution in [-0.2, 0) is 0 Å². The number of nitrogens with zero attached hydrogens (tertiary/aromatic N) is 1. The molecule has 0 saturated heterocycles. The van der Waals surface area contributed by atoms with Crippen molar-refractivity contribution in [3.63, 3.8) is 0 Å². The van der Waals surface area contributed by atoms with Gasteiger partial charge in [-0.05, 0) is 42.0 Å². The van der Waals surface area contributed by atoms with E-state index in [-0.39, 0.29) is 10.3 Å². The van der Waals surface area contributed by atoms with E-state index in [2.05, 4.69) is 20.5 Å². The number of aromatic amines is 2. The van der Waals surface area contributed by atoms with Gasteiger partial charge in [-0.15, -0.1) is 0 Å². The third-order valence-corrected chi connectivity index (χ3v) is 2.78. The second-order valence-corrected chi connectivity index (χ2v) is 4.37. The molecule has 1 aromatic heterocycles. The number of hydrazone groups is 1. The number of nitrogens with one attached hydrogen (secondary N) is 3. The van der Waals surface area contributed by atoms with Crippen LogP contribution in [0.25, 0.3) is 0 Å². The first-order valence-corrected chi connectivity index (χ1v) is 6.30. The van der Waals surface area contributed by atoms with E-state index in [0.717, 1.165) is 11.3 Å². The number of amides is 1. The lowest BCUT2D eigenvalue weighted by atomic mass is 10.2. The molecule has 2 rings (SSSR count). The zero-order valence-electron chi connectivity index (χ0n) is 11.0. The summed E-state index contributed by atoms with van der Waals surface area (Å²) in [4.78, 5) is 28.2. The van der Waals surface area contributed by atoms with E-state index < -0.39 is 11.5 Å². The second kappa shape index (κ2) is 6.62. The Kier molecular flexibility index (Phi) is 4.62. The van der Waals surface area contributed by atoms with Gasteiger partial charge in [-0.2, -0.15) is 5.10 Å². The summed E-state index contributed by atoms with van der Waals surface area (Å²) in [6.07, 6.45) is 2.69. The maximum Gasteiger partial charge on any atom is 0.278 e. The van der Waals surface area contributed by atoms with E-state index in [1.54, 1.807) is 31.4 Å². The van der Waals surface area contributed by atoms with Crippen molar-refractivity contribution in [3.05, 3.63) is 56.7 Å². The van der Waals surface area contributed by atoms with Crippen LogP contribution >= 0.6 is 12.2 Å². The third kappa shape index (κ3) is 3.86. The molecule has 2 aromatic rings. The molecular formula is C13H12N4O3S. The molecule has 0 aliphatic carbocycles. The van der Waals surface area contributed by atoms with Crippen LogP contribution in [0.3, 0.4) is 0 Å². The lowest BCUT2D eigenvalue weighted by Crippen LogP contribution is -2.26. The largest absolute Gasteiger partial charge is 0.497 e. The van der Waals surface area contributed by atoms with Gasteiger partial charge in [0, 0.05) is 6.20 Å². The third-order valence-electron chi connectivity index (χ3n) is 2.56. The Morgan fingerprint density at radius 2 is 2.10 bits per heavy atom. The molecule has 0 bridgehead atoms. The van der Waals surface area contributed by atoms with Crippen molar-refractivity contribution in [2.24, 2.45) is 5.10 Å². The number of ether oxygens (including phenoxy) is 1. The Hall–Kier alpha value is -2.74. The predicted octanol–water partition coefficient (Wildman–Crippen LogP) is 1.20. The fourth-order valence-corrected chi connectivity index (χ4v) is 1.65. The minimum Gasteiger partial charge on any atom is -0.497 e. The number of carbonyl (C=O) groups is 1. The monoisotopic (exact) mass is 304 g/mol. The normalized spacial score (nSPS) is 10.5. The van der Waals surface area contributed by atoms with E-state index in [0.29, 0.717) is 0 Å². The van der Waals surface area contributed by atoms with Crippen LogP contribution < -0.4 is 15.7 Å². The van der Waals surface area contributed by atoms with Gasteiger partial charge in [0.1, 0.15) is 11.3 Å². The summed E-state index contributed by atoms with van der Waals surface area (Å²) in [5.74, 6) is 0.0922. The lowest BCUT2D eigenvalue weighted by molar-refractivity contribution is 0.0953. The molecule has 0 fully saturated rings. The lowest BCUT2D eigenvalue weighted by Gasteiger charge is -2.00. The van der Waals surface area contributed by atoms with Crippen molar-refractivity contribution < 1.29 is 9.53 Å². The van der Waals surface area contributed by atoms with Gasteiger partial charge >= 0.3 is 0 Å². The molecule has 0 unspecified atom stereocenters. The molecule has 0 aliphatic heterocycles. The quantitative estimate of drug-likeness (QED) is 0.449. The van der Waals surface area contributed by atoms with Crippen LogP contribution in [0.2, 0.25) is 0 Å². The predicted molar refractivity (Wildman–Crippen MR) is 80.3 cm³/mol. The van der Waals surface area contributed by atoms with Gasteiger partial charge < -0.3 is 9.72 Å². The van der Waals surface area contributed by atoms with E-state index >= 15 is 0 Å². The van der Waals surface area contributed by atoms with Gasteiger partial charge in [0.25, 0.3) is 11.5 Å². The summed E-state index contributed by atoms with van der Waals surface area (Å²) in [7, 11) is 1.58. The Balaban J connectivity index is 2.04. The van der Waals surface area contributed by atoms with Gasteiger partial charge in [-0.3, -0.25) is 14.6 Å². The number of rotatable bonds is 4. The molecule has 1 amide bonds. The highest BCUT2D eigenvalue weighted by molar-refractivity contribution is 7.71. The minimum atomic E-state index is -0.632. The maximum atomic E-state index is 11.7. The van der Waals surface area contributed by atoms with Crippen molar-refractivity contribution in [3.8, 4) is 5.75 Å². The highest BCUT2D eigenvalue weighted by Crippen LogP contribution is 2.09. The van der Waals surface area contributed by atoms with Gasteiger partial charge in [0.2, 0.25) is 0 Å². The number of hydrogen-bond acceptors (Lipinski definition) is 5. The fraction of sp³-hybridized carbons (Fsp3) is 0.0769. The average molecular weight is 304 g/mol.